The summed E-state index contributed by atoms with van der Waals surface area (Å²) in [5.74, 6) is -0.279. The van der Waals surface area contributed by atoms with Crippen LogP contribution in [0.3, 0.4) is 0 Å². The Hall–Kier alpha value is -1.44. The van der Waals surface area contributed by atoms with Crippen molar-refractivity contribution >= 4 is 0 Å². The molecule has 0 radical (unpaired) electrons. The first-order valence-corrected chi connectivity index (χ1v) is 6.64. The number of hydrogen-bond donors (Lipinski definition) is 0. The number of benzene rings is 1. The van der Waals surface area contributed by atoms with Crippen molar-refractivity contribution in [1.29, 1.82) is 5.26 Å². The molecule has 4 heteroatoms. The molecule has 1 heterocycles. The summed E-state index contributed by atoms with van der Waals surface area (Å²) in [6.07, 6.45) is 0. The van der Waals surface area contributed by atoms with Crippen LogP contribution < -0.4 is 0 Å². The molecule has 0 spiro atoms. The Balaban J connectivity index is 2.08. The van der Waals surface area contributed by atoms with E-state index in [2.05, 4.69) is 30.7 Å². The molecule has 3 nitrogen and oxygen atoms in total. The maximum atomic E-state index is 13.9. The maximum Gasteiger partial charge on any atom is 0.129 e. The van der Waals surface area contributed by atoms with Crippen LogP contribution >= 0.6 is 0 Å². The molecule has 0 N–H and O–H groups in total. The summed E-state index contributed by atoms with van der Waals surface area (Å²) in [5.41, 5.74) is 1.05. The third-order valence-corrected chi connectivity index (χ3v) is 4.01. The number of likely N-dealkylation sites (N-methyl/N-ethyl adjacent to an activating group) is 1. The third-order valence-electron chi connectivity index (χ3n) is 4.01. The van der Waals surface area contributed by atoms with Crippen LogP contribution in [0.25, 0.3) is 0 Å². The molecule has 0 saturated carbocycles. The van der Waals surface area contributed by atoms with Gasteiger partial charge in [-0.1, -0.05) is 6.07 Å². The summed E-state index contributed by atoms with van der Waals surface area (Å²) < 4.78 is 13.9. The monoisotopic (exact) mass is 261 g/mol. The van der Waals surface area contributed by atoms with E-state index < -0.39 is 0 Å². The highest BCUT2D eigenvalue weighted by Gasteiger charge is 2.26. The van der Waals surface area contributed by atoms with Crippen LogP contribution in [0.5, 0.6) is 0 Å². The highest BCUT2D eigenvalue weighted by Crippen LogP contribution is 2.18. The summed E-state index contributed by atoms with van der Waals surface area (Å²) in [6.45, 7) is 6.89. The highest BCUT2D eigenvalue weighted by molar-refractivity contribution is 5.32. The van der Waals surface area contributed by atoms with Crippen molar-refractivity contribution in [2.45, 2.75) is 32.5 Å². The van der Waals surface area contributed by atoms with Crippen molar-refractivity contribution in [3.05, 3.63) is 35.1 Å². The molecule has 2 atom stereocenters. The van der Waals surface area contributed by atoms with Gasteiger partial charge in [-0.05, 0) is 33.0 Å². The zero-order valence-corrected chi connectivity index (χ0v) is 11.7. The topological polar surface area (TPSA) is 30.3 Å². The summed E-state index contributed by atoms with van der Waals surface area (Å²) >= 11 is 0. The zero-order chi connectivity index (χ0) is 14.0. The minimum Gasteiger partial charge on any atom is -0.298 e. The van der Waals surface area contributed by atoms with Gasteiger partial charge in [0.25, 0.3) is 0 Å². The molecule has 1 aliphatic heterocycles. The molecule has 1 aromatic carbocycles. The van der Waals surface area contributed by atoms with E-state index in [4.69, 9.17) is 5.26 Å². The van der Waals surface area contributed by atoms with Crippen LogP contribution in [-0.2, 0) is 6.54 Å². The molecule has 1 fully saturated rings. The van der Waals surface area contributed by atoms with E-state index in [1.54, 1.807) is 12.1 Å². The molecule has 0 amide bonds. The quantitative estimate of drug-likeness (QED) is 0.817. The van der Waals surface area contributed by atoms with Crippen molar-refractivity contribution in [3.63, 3.8) is 0 Å². The number of hydrogen-bond acceptors (Lipinski definition) is 3. The highest BCUT2D eigenvalue weighted by atomic mass is 19.1. The van der Waals surface area contributed by atoms with Crippen molar-refractivity contribution < 1.29 is 4.39 Å². The number of rotatable bonds is 2. The minimum absolute atomic E-state index is 0.279. The lowest BCUT2D eigenvalue weighted by Gasteiger charge is -2.42. The van der Waals surface area contributed by atoms with E-state index in [0.29, 0.717) is 29.8 Å². The molecule has 102 valence electrons. The standard InChI is InChI=1S/C15H20FN3/c1-11-8-19(9-12(2)18(11)3)10-14-5-4-13(7-17)6-15(14)16/h4-6,11-12H,8-10H2,1-3H3. The Morgan fingerprint density at radius 1 is 1.32 bits per heavy atom. The smallest absolute Gasteiger partial charge is 0.129 e. The molecular formula is C15H20FN3. The van der Waals surface area contributed by atoms with E-state index in [1.807, 2.05) is 6.07 Å². The first-order chi connectivity index (χ1) is 9.01. The van der Waals surface area contributed by atoms with E-state index in [9.17, 15) is 4.39 Å². The molecule has 0 aliphatic carbocycles. The van der Waals surface area contributed by atoms with E-state index >= 15 is 0 Å². The van der Waals surface area contributed by atoms with E-state index in [0.717, 1.165) is 13.1 Å². The van der Waals surface area contributed by atoms with Crippen molar-refractivity contribution in [1.82, 2.24) is 9.80 Å². The second-order valence-corrected chi connectivity index (χ2v) is 5.48. The minimum atomic E-state index is -0.279. The zero-order valence-electron chi connectivity index (χ0n) is 11.7. The SMILES string of the molecule is CC1CN(Cc2ccc(C#N)cc2F)CC(C)N1C. The predicted octanol–water partition coefficient (Wildman–Crippen LogP) is 2.22. The lowest BCUT2D eigenvalue weighted by molar-refractivity contribution is 0.0550. The van der Waals surface area contributed by atoms with Gasteiger partial charge in [-0.15, -0.1) is 0 Å². The van der Waals surface area contributed by atoms with Gasteiger partial charge in [-0.2, -0.15) is 5.26 Å². The molecule has 19 heavy (non-hydrogen) atoms. The van der Waals surface area contributed by atoms with Crippen molar-refractivity contribution in [2.24, 2.45) is 0 Å². The average Bonchev–Trinajstić information content (AvgIpc) is 2.38. The molecule has 1 aliphatic rings. The summed E-state index contributed by atoms with van der Waals surface area (Å²) in [6, 6.07) is 7.64. The predicted molar refractivity (Wildman–Crippen MR) is 73.1 cm³/mol. The second-order valence-electron chi connectivity index (χ2n) is 5.48. The molecule has 2 unspecified atom stereocenters. The van der Waals surface area contributed by atoms with Gasteiger partial charge in [-0.25, -0.2) is 4.39 Å². The van der Waals surface area contributed by atoms with Crippen LogP contribution in [0.4, 0.5) is 4.39 Å². The number of nitriles is 1. The molecule has 1 aromatic rings. The van der Waals surface area contributed by atoms with Gasteiger partial charge in [-0.3, -0.25) is 9.80 Å². The second kappa shape index (κ2) is 5.68. The average molecular weight is 261 g/mol. The number of halogens is 1. The molecule has 1 saturated heterocycles. The fourth-order valence-electron chi connectivity index (χ4n) is 2.63. The van der Waals surface area contributed by atoms with Crippen molar-refractivity contribution in [3.8, 4) is 6.07 Å². The fraction of sp³-hybridized carbons (Fsp3) is 0.533. The summed E-state index contributed by atoms with van der Waals surface area (Å²) in [7, 11) is 2.13. The van der Waals surface area contributed by atoms with Gasteiger partial charge in [0.2, 0.25) is 0 Å². The largest absolute Gasteiger partial charge is 0.298 e. The van der Waals surface area contributed by atoms with E-state index in [1.165, 1.54) is 6.07 Å². The number of nitrogens with zero attached hydrogens (tertiary/aromatic N) is 3. The van der Waals surface area contributed by atoms with Crippen LogP contribution in [0.1, 0.15) is 25.0 Å². The van der Waals surface area contributed by atoms with Crippen LogP contribution in [0, 0.1) is 17.1 Å². The fourth-order valence-corrected chi connectivity index (χ4v) is 2.63. The van der Waals surface area contributed by atoms with Crippen molar-refractivity contribution in [2.75, 3.05) is 20.1 Å². The van der Waals surface area contributed by atoms with Crippen LogP contribution in [0.15, 0.2) is 18.2 Å². The van der Waals surface area contributed by atoms with Gasteiger partial charge >= 0.3 is 0 Å². The third kappa shape index (κ3) is 3.12. The first kappa shape index (κ1) is 14.0. The van der Waals surface area contributed by atoms with Crippen LogP contribution in [0.2, 0.25) is 0 Å². The Morgan fingerprint density at radius 3 is 2.47 bits per heavy atom. The van der Waals surface area contributed by atoms with E-state index in [-0.39, 0.29) is 5.82 Å². The Kier molecular flexibility index (Phi) is 4.18. The lowest BCUT2D eigenvalue weighted by Crippen LogP contribution is -2.54. The summed E-state index contributed by atoms with van der Waals surface area (Å²) in [5, 5.41) is 8.74. The van der Waals surface area contributed by atoms with Gasteiger partial charge < -0.3 is 0 Å². The molecule has 2 rings (SSSR count). The first-order valence-electron chi connectivity index (χ1n) is 6.64. The van der Waals surface area contributed by atoms with Gasteiger partial charge in [0.1, 0.15) is 5.82 Å². The Morgan fingerprint density at radius 2 is 1.95 bits per heavy atom. The lowest BCUT2D eigenvalue weighted by atomic mass is 10.1. The van der Waals surface area contributed by atoms with Gasteiger partial charge in [0.15, 0.2) is 0 Å². The van der Waals surface area contributed by atoms with Gasteiger partial charge in [0, 0.05) is 37.3 Å². The molecule has 0 aromatic heterocycles. The summed E-state index contributed by atoms with van der Waals surface area (Å²) in [4.78, 5) is 4.63. The molecular weight excluding hydrogens is 241 g/mol. The van der Waals surface area contributed by atoms with Gasteiger partial charge in [0.05, 0.1) is 11.6 Å². The van der Waals surface area contributed by atoms with Crippen LogP contribution in [-0.4, -0.2) is 42.0 Å². The molecule has 0 bridgehead atoms. The Bertz CT molecular complexity index is 483. The number of piperazine rings is 1. The maximum absolute atomic E-state index is 13.9. The Labute approximate surface area is 114 Å². The normalized spacial score (nSPS) is 25.2.